The molecule has 0 bridgehead atoms. The maximum atomic E-state index is 0. The van der Waals surface area contributed by atoms with Crippen LogP contribution in [0.5, 0.6) is 0 Å². The molecule has 0 atom stereocenters. The van der Waals surface area contributed by atoms with Gasteiger partial charge in [-0.25, -0.2) is 0 Å². The molecule has 0 fully saturated rings. The van der Waals surface area contributed by atoms with Crippen molar-refractivity contribution in [1.82, 2.24) is 0 Å². The maximum absolute atomic E-state index is 0. The molecule has 0 aliphatic carbocycles. The first kappa shape index (κ1) is 27.2. The third-order valence-electron chi connectivity index (χ3n) is 0. The van der Waals surface area contributed by atoms with Gasteiger partial charge in [0.2, 0.25) is 0 Å². The van der Waals surface area contributed by atoms with Crippen LogP contribution in [-0.2, 0) is 0 Å². The van der Waals surface area contributed by atoms with Crippen LogP contribution in [0.25, 0.3) is 0 Å². The summed E-state index contributed by atoms with van der Waals surface area (Å²) >= 11 is 0. The quantitative estimate of drug-likeness (QED) is 0.379. The predicted molar refractivity (Wildman–Crippen MR) is 29.8 cm³/mol. The van der Waals surface area contributed by atoms with Crippen molar-refractivity contribution in [3.8, 4) is 0 Å². The molecule has 0 heterocycles. The normalized spacial score (nSPS) is 0. The molecule has 0 spiro atoms. The van der Waals surface area contributed by atoms with Gasteiger partial charge in [0.15, 0.2) is 0 Å². The van der Waals surface area contributed by atoms with Gasteiger partial charge >= 0.3 is 59.4 Å². The van der Waals surface area contributed by atoms with Gasteiger partial charge in [-0.1, -0.05) is 0 Å². The fraction of sp³-hybridized carbons (Fsp3) is 0. The van der Waals surface area contributed by atoms with Crippen LogP contribution in [0.15, 0.2) is 0 Å². The molecule has 0 saturated heterocycles. The molecule has 0 aromatic carbocycles. The van der Waals surface area contributed by atoms with E-state index >= 15 is 0 Å². The number of hydrogen-bond acceptors (Lipinski definition) is 0. The van der Waals surface area contributed by atoms with E-state index in [4.69, 9.17) is 0 Å². The summed E-state index contributed by atoms with van der Waals surface area (Å²) in [5, 5.41) is 0. The van der Waals surface area contributed by atoms with Gasteiger partial charge in [-0.05, 0) is 0 Å². The van der Waals surface area contributed by atoms with Crippen molar-refractivity contribution < 1.29 is 37.3 Å². The molecule has 0 rings (SSSR count). The van der Waals surface area contributed by atoms with Gasteiger partial charge in [-0.15, -0.1) is 0 Å². The summed E-state index contributed by atoms with van der Waals surface area (Å²) < 4.78 is 0. The number of rotatable bonds is 0. The fourth-order valence-electron chi connectivity index (χ4n) is 0. The van der Waals surface area contributed by atoms with Crippen molar-refractivity contribution in [3.05, 3.63) is 0 Å². The van der Waals surface area contributed by atoms with Crippen LogP contribution in [0, 0.1) is 37.3 Å². The molecule has 0 aliphatic heterocycles. The second kappa shape index (κ2) is 16.4. The van der Waals surface area contributed by atoms with Gasteiger partial charge in [0.1, 0.15) is 0 Å². The van der Waals surface area contributed by atoms with E-state index in [9.17, 15) is 0 Å². The average Bonchev–Trinajstić information content (AvgIpc) is 0. The van der Waals surface area contributed by atoms with Crippen molar-refractivity contribution in [2.75, 3.05) is 0 Å². The van der Waals surface area contributed by atoms with E-state index in [-0.39, 0.29) is 96.7 Å². The third kappa shape index (κ3) is 8.94. The first-order valence-corrected chi connectivity index (χ1v) is 0. The Morgan fingerprint density at radius 2 is 0.500 bits per heavy atom. The topological polar surface area (TPSA) is 0 Å². The van der Waals surface area contributed by atoms with Crippen LogP contribution in [-0.4, -0.2) is 59.4 Å². The Bertz CT molecular complexity index is 3.25. The minimum absolute atomic E-state index is 0. The molecule has 4 heavy (non-hydrogen) atoms. The summed E-state index contributed by atoms with van der Waals surface area (Å²) in [5.74, 6) is 0. The molecule has 0 nitrogen and oxygen atoms in total. The predicted octanol–water partition coefficient (Wildman–Crippen LogP) is -3.55. The van der Waals surface area contributed by atoms with Crippen molar-refractivity contribution in [3.63, 3.8) is 0 Å². The van der Waals surface area contributed by atoms with Gasteiger partial charge in [0, 0.05) is 37.3 Å². The Morgan fingerprint density at radius 3 is 0.500 bits per heavy atom. The zero-order valence-electron chi connectivity index (χ0n) is 0.289. The molecule has 0 radical (unpaired) electrons. The molecule has 0 aliphatic rings. The zero-order chi connectivity index (χ0) is 0. The van der Waals surface area contributed by atoms with E-state index in [1.54, 1.807) is 0 Å². The standard InChI is InChI=1S/Er.3Ga.9H. The molecule has 0 saturated carbocycles. The van der Waals surface area contributed by atoms with Crippen LogP contribution < -0.4 is 0 Å². The van der Waals surface area contributed by atoms with Crippen molar-refractivity contribution in [2.24, 2.45) is 0 Å². The Balaban J connectivity index is 0. The monoisotopic (exact) mass is 382 g/mol. The SMILES string of the molecule is [Er].[GaH3].[GaH3].[GaH3]. The molecule has 4 heteroatoms. The molecule has 0 amide bonds. The van der Waals surface area contributed by atoms with Gasteiger partial charge in [0.25, 0.3) is 0 Å². The summed E-state index contributed by atoms with van der Waals surface area (Å²) in [6, 6.07) is 0. The zero-order valence-corrected chi connectivity index (χ0v) is 2.14. The molecule has 30 valence electrons. The molecule has 0 aromatic rings. The first-order valence-electron chi connectivity index (χ1n) is 0. The summed E-state index contributed by atoms with van der Waals surface area (Å²) in [5.41, 5.74) is 0. The average molecular weight is 386 g/mol. The van der Waals surface area contributed by atoms with E-state index < -0.39 is 0 Å². The molecule has 0 N–H and O–H groups in total. The minimum atomic E-state index is 0. The molecule has 0 aromatic heterocycles. The van der Waals surface area contributed by atoms with Crippen molar-refractivity contribution in [1.29, 1.82) is 0 Å². The van der Waals surface area contributed by atoms with E-state index in [1.165, 1.54) is 0 Å². The van der Waals surface area contributed by atoms with Crippen molar-refractivity contribution >= 4 is 59.4 Å². The fourth-order valence-corrected chi connectivity index (χ4v) is 0. The van der Waals surface area contributed by atoms with Gasteiger partial charge < -0.3 is 0 Å². The van der Waals surface area contributed by atoms with Crippen LogP contribution in [0.1, 0.15) is 0 Å². The van der Waals surface area contributed by atoms with Crippen LogP contribution in [0.2, 0.25) is 0 Å². The second-order valence-electron chi connectivity index (χ2n) is 0. The molecular weight excluding hydrogens is 376 g/mol. The second-order valence-corrected chi connectivity index (χ2v) is 0. The van der Waals surface area contributed by atoms with Crippen LogP contribution in [0.3, 0.4) is 0 Å². The van der Waals surface area contributed by atoms with E-state index in [2.05, 4.69) is 0 Å². The van der Waals surface area contributed by atoms with Crippen LogP contribution >= 0.6 is 0 Å². The Labute approximate surface area is 94.6 Å². The summed E-state index contributed by atoms with van der Waals surface area (Å²) in [7, 11) is 0. The van der Waals surface area contributed by atoms with E-state index in [1.807, 2.05) is 0 Å². The molecule has 0 unspecified atom stereocenters. The first-order chi connectivity index (χ1) is 0. The van der Waals surface area contributed by atoms with Gasteiger partial charge in [-0.2, -0.15) is 0 Å². The number of hydrogen-bond donors (Lipinski definition) is 0. The Hall–Kier alpha value is 3.16. The summed E-state index contributed by atoms with van der Waals surface area (Å²) in [6.45, 7) is 0. The van der Waals surface area contributed by atoms with Gasteiger partial charge in [0.05, 0.1) is 0 Å². The van der Waals surface area contributed by atoms with Gasteiger partial charge in [-0.3, -0.25) is 0 Å². The summed E-state index contributed by atoms with van der Waals surface area (Å²) in [6.07, 6.45) is 0. The third-order valence-corrected chi connectivity index (χ3v) is 0. The van der Waals surface area contributed by atoms with E-state index in [0.717, 1.165) is 0 Å². The Kier molecular flexibility index (Phi) is 112. The molecular formula is H9ErGa3. The van der Waals surface area contributed by atoms with E-state index in [0.29, 0.717) is 0 Å². The van der Waals surface area contributed by atoms with Crippen molar-refractivity contribution in [2.45, 2.75) is 0 Å². The summed E-state index contributed by atoms with van der Waals surface area (Å²) in [4.78, 5) is 0. The van der Waals surface area contributed by atoms with Crippen LogP contribution in [0.4, 0.5) is 0 Å². The Morgan fingerprint density at radius 1 is 0.500 bits per heavy atom.